The monoisotopic (exact) mass is 446 g/mol. The van der Waals surface area contributed by atoms with Crippen molar-refractivity contribution >= 4 is 17.8 Å². The van der Waals surface area contributed by atoms with Crippen LogP contribution in [0.3, 0.4) is 0 Å². The molecule has 8 nitrogen and oxygen atoms in total. The Morgan fingerprint density at radius 3 is 2.58 bits per heavy atom. The maximum absolute atomic E-state index is 13.4. The maximum atomic E-state index is 13.4. The number of likely N-dealkylation sites (N-methyl/N-ethyl adjacent to an activating group) is 1. The minimum Gasteiger partial charge on any atom is -0.457 e. The molecule has 1 unspecified atom stereocenters. The molecule has 1 saturated carbocycles. The molecule has 3 aliphatic rings. The summed E-state index contributed by atoms with van der Waals surface area (Å²) in [6.45, 7) is 2.53. The van der Waals surface area contributed by atoms with Crippen molar-refractivity contribution in [3.8, 4) is 11.5 Å². The summed E-state index contributed by atoms with van der Waals surface area (Å²) in [6.07, 6.45) is 1.97. The molecule has 2 heterocycles. The average Bonchev–Trinajstić information content (AvgIpc) is 3.57. The molecule has 8 heteroatoms. The smallest absolute Gasteiger partial charge is 0.322 e. The number of urea groups is 1. The van der Waals surface area contributed by atoms with E-state index in [1.807, 2.05) is 61.5 Å². The van der Waals surface area contributed by atoms with E-state index in [1.54, 1.807) is 4.90 Å². The molecule has 2 aromatic rings. The fourth-order valence-electron chi connectivity index (χ4n) is 4.32. The van der Waals surface area contributed by atoms with E-state index in [-0.39, 0.29) is 37.0 Å². The van der Waals surface area contributed by atoms with Crippen LogP contribution in [0.5, 0.6) is 11.5 Å². The first-order chi connectivity index (χ1) is 16.0. The Bertz CT molecular complexity index is 1130. The van der Waals surface area contributed by atoms with Crippen LogP contribution in [0.1, 0.15) is 31.4 Å². The number of hydrogen-bond acceptors (Lipinski definition) is 4. The van der Waals surface area contributed by atoms with E-state index in [1.165, 1.54) is 4.90 Å². The maximum Gasteiger partial charge on any atom is 0.322 e. The summed E-state index contributed by atoms with van der Waals surface area (Å²) in [6, 6.07) is 16.2. The van der Waals surface area contributed by atoms with Gasteiger partial charge in [-0.25, -0.2) is 4.79 Å². The zero-order chi connectivity index (χ0) is 22.9. The van der Waals surface area contributed by atoms with Crippen LogP contribution in [-0.2, 0) is 9.59 Å². The van der Waals surface area contributed by atoms with Gasteiger partial charge in [0.15, 0.2) is 0 Å². The Morgan fingerprint density at radius 1 is 1.09 bits per heavy atom. The molecular formula is C25H26N4O4. The molecular weight excluding hydrogens is 420 g/mol. The minimum absolute atomic E-state index is 0.0159. The van der Waals surface area contributed by atoms with Crippen LogP contribution in [0.4, 0.5) is 4.79 Å². The number of benzene rings is 2. The summed E-state index contributed by atoms with van der Waals surface area (Å²) < 4.78 is 5.95. The lowest BCUT2D eigenvalue weighted by Gasteiger charge is -2.33. The molecule has 1 fully saturated rings. The Morgan fingerprint density at radius 2 is 1.85 bits per heavy atom. The molecule has 1 atom stereocenters. The van der Waals surface area contributed by atoms with Crippen molar-refractivity contribution in [3.63, 3.8) is 0 Å². The lowest BCUT2D eigenvalue weighted by atomic mass is 9.95. The SMILES string of the molecule is CCN1C(=O)NC(c2cccc(Oc3ccccc3)c2)C2=C1CN(CC(=O)NC1CC1)C2=O. The molecule has 2 N–H and O–H groups in total. The first-order valence-electron chi connectivity index (χ1n) is 11.3. The zero-order valence-electron chi connectivity index (χ0n) is 18.4. The van der Waals surface area contributed by atoms with Gasteiger partial charge in [-0.3, -0.25) is 14.5 Å². The largest absolute Gasteiger partial charge is 0.457 e. The van der Waals surface area contributed by atoms with Crippen molar-refractivity contribution in [2.75, 3.05) is 19.6 Å². The second-order valence-electron chi connectivity index (χ2n) is 8.48. The van der Waals surface area contributed by atoms with Gasteiger partial charge < -0.3 is 20.3 Å². The highest BCUT2D eigenvalue weighted by atomic mass is 16.5. The van der Waals surface area contributed by atoms with Crippen molar-refractivity contribution < 1.29 is 19.1 Å². The van der Waals surface area contributed by atoms with Crippen LogP contribution in [0, 0.1) is 0 Å². The van der Waals surface area contributed by atoms with Crippen molar-refractivity contribution in [2.24, 2.45) is 0 Å². The van der Waals surface area contributed by atoms with E-state index in [0.717, 1.165) is 18.4 Å². The van der Waals surface area contributed by atoms with Crippen molar-refractivity contribution in [1.29, 1.82) is 0 Å². The molecule has 33 heavy (non-hydrogen) atoms. The number of para-hydroxylation sites is 1. The topological polar surface area (TPSA) is 91.0 Å². The third-order valence-corrected chi connectivity index (χ3v) is 6.06. The van der Waals surface area contributed by atoms with Crippen molar-refractivity contribution in [1.82, 2.24) is 20.4 Å². The number of carbonyl (C=O) groups excluding carboxylic acids is 3. The molecule has 2 aliphatic heterocycles. The number of rotatable bonds is 7. The molecule has 1 aliphatic carbocycles. The van der Waals surface area contributed by atoms with Gasteiger partial charge in [0, 0.05) is 12.6 Å². The summed E-state index contributed by atoms with van der Waals surface area (Å²) in [5.74, 6) is 0.917. The molecule has 0 saturated heterocycles. The lowest BCUT2D eigenvalue weighted by Crippen LogP contribution is -2.47. The lowest BCUT2D eigenvalue weighted by molar-refractivity contribution is -0.132. The number of ether oxygens (including phenoxy) is 1. The predicted molar refractivity (Wildman–Crippen MR) is 121 cm³/mol. The Labute approximate surface area is 192 Å². The van der Waals surface area contributed by atoms with Gasteiger partial charge in [0.05, 0.1) is 23.9 Å². The van der Waals surface area contributed by atoms with E-state index in [2.05, 4.69) is 10.6 Å². The third-order valence-electron chi connectivity index (χ3n) is 6.06. The van der Waals surface area contributed by atoms with Crippen LogP contribution in [0.25, 0.3) is 0 Å². The number of nitrogens with zero attached hydrogens (tertiary/aromatic N) is 2. The van der Waals surface area contributed by atoms with E-state index in [0.29, 0.717) is 29.3 Å². The Kier molecular flexibility index (Phi) is 5.50. The highest BCUT2D eigenvalue weighted by Crippen LogP contribution is 2.37. The van der Waals surface area contributed by atoms with E-state index in [4.69, 9.17) is 4.74 Å². The molecule has 2 aromatic carbocycles. The van der Waals surface area contributed by atoms with Gasteiger partial charge in [0.25, 0.3) is 5.91 Å². The quantitative estimate of drug-likeness (QED) is 0.684. The van der Waals surface area contributed by atoms with Gasteiger partial charge in [-0.1, -0.05) is 30.3 Å². The number of hydrogen-bond donors (Lipinski definition) is 2. The summed E-state index contributed by atoms with van der Waals surface area (Å²) in [4.78, 5) is 41.7. The van der Waals surface area contributed by atoms with Crippen LogP contribution in [0.15, 0.2) is 65.9 Å². The Hall–Kier alpha value is -3.81. The van der Waals surface area contributed by atoms with Gasteiger partial charge in [0.2, 0.25) is 5.91 Å². The predicted octanol–water partition coefficient (Wildman–Crippen LogP) is 2.94. The van der Waals surface area contributed by atoms with Gasteiger partial charge in [-0.05, 0) is 49.6 Å². The van der Waals surface area contributed by atoms with Gasteiger partial charge in [-0.2, -0.15) is 0 Å². The summed E-state index contributed by atoms with van der Waals surface area (Å²) in [7, 11) is 0. The third kappa shape index (κ3) is 4.28. The normalized spacial score (nSPS) is 20.0. The summed E-state index contributed by atoms with van der Waals surface area (Å²) in [5, 5.41) is 5.89. The highest BCUT2D eigenvalue weighted by molar-refractivity contribution is 6.03. The summed E-state index contributed by atoms with van der Waals surface area (Å²) >= 11 is 0. The van der Waals surface area contributed by atoms with Crippen LogP contribution >= 0.6 is 0 Å². The molecule has 0 spiro atoms. The van der Waals surface area contributed by atoms with Crippen LogP contribution in [0.2, 0.25) is 0 Å². The molecule has 4 amide bonds. The number of carbonyl (C=O) groups is 3. The first kappa shape index (κ1) is 21.1. The van der Waals surface area contributed by atoms with Crippen LogP contribution < -0.4 is 15.4 Å². The van der Waals surface area contributed by atoms with E-state index >= 15 is 0 Å². The van der Waals surface area contributed by atoms with Gasteiger partial charge >= 0.3 is 6.03 Å². The minimum atomic E-state index is -0.612. The van der Waals surface area contributed by atoms with E-state index in [9.17, 15) is 14.4 Å². The number of nitrogens with one attached hydrogen (secondary N) is 2. The first-order valence-corrected chi connectivity index (χ1v) is 11.3. The molecule has 0 aromatic heterocycles. The molecule has 5 rings (SSSR count). The second kappa shape index (κ2) is 8.61. The highest BCUT2D eigenvalue weighted by Gasteiger charge is 2.44. The fourth-order valence-corrected chi connectivity index (χ4v) is 4.32. The standard InChI is InChI=1S/C25H26N4O4/c1-2-29-20-14-28(15-21(30)26-17-11-12-17)24(31)22(20)23(27-25(29)32)16-7-6-10-19(13-16)33-18-8-4-3-5-9-18/h3-10,13,17,23H,2,11-12,14-15H2,1H3,(H,26,30)(H,27,32). The van der Waals surface area contributed by atoms with Gasteiger partial charge in [-0.15, -0.1) is 0 Å². The Balaban J connectivity index is 1.42. The number of amides is 4. The molecule has 170 valence electrons. The van der Waals surface area contributed by atoms with Crippen LogP contribution in [-0.4, -0.2) is 53.3 Å². The second-order valence-corrected chi connectivity index (χ2v) is 8.48. The van der Waals surface area contributed by atoms with E-state index < -0.39 is 6.04 Å². The fraction of sp³-hybridized carbons (Fsp3) is 0.320. The molecule has 0 radical (unpaired) electrons. The van der Waals surface area contributed by atoms with Crippen molar-refractivity contribution in [3.05, 3.63) is 71.4 Å². The van der Waals surface area contributed by atoms with Gasteiger partial charge in [0.1, 0.15) is 18.0 Å². The summed E-state index contributed by atoms with van der Waals surface area (Å²) in [5.41, 5.74) is 1.91. The van der Waals surface area contributed by atoms with Crippen molar-refractivity contribution in [2.45, 2.75) is 31.8 Å². The average molecular weight is 447 g/mol. The molecule has 0 bridgehead atoms. The zero-order valence-corrected chi connectivity index (χ0v) is 18.4.